The lowest BCUT2D eigenvalue weighted by molar-refractivity contribution is -0.151. The topological polar surface area (TPSA) is 95.9 Å². The third kappa shape index (κ3) is 39.4. The predicted molar refractivity (Wildman–Crippen MR) is 241 cm³/mol. The zero-order chi connectivity index (χ0) is 41.0. The number of unbranched alkanes of at least 4 members (excludes halogenated alkanes) is 31. The van der Waals surface area contributed by atoms with Crippen LogP contribution in [0.5, 0.6) is 0 Å². The molecule has 0 rings (SSSR count). The zero-order valence-corrected chi connectivity index (χ0v) is 37.8. The molecular formula is C50H97NO5. The Morgan fingerprint density at radius 3 is 1.34 bits per heavy atom. The van der Waals surface area contributed by atoms with Crippen LogP contribution in [0.4, 0.5) is 0 Å². The van der Waals surface area contributed by atoms with Crippen molar-refractivity contribution in [2.45, 2.75) is 289 Å². The van der Waals surface area contributed by atoms with E-state index in [-0.39, 0.29) is 24.9 Å². The van der Waals surface area contributed by atoms with Gasteiger partial charge in [0.05, 0.1) is 25.2 Å². The molecule has 6 heteroatoms. The Bertz CT molecular complexity index is 847. The van der Waals surface area contributed by atoms with Crippen LogP contribution in [-0.4, -0.2) is 46.9 Å². The summed E-state index contributed by atoms with van der Waals surface area (Å²) in [5.74, 6) is -0.480. The summed E-state index contributed by atoms with van der Waals surface area (Å²) in [6.45, 7) is 6.42. The first-order chi connectivity index (χ1) is 27.5. The Labute approximate surface area is 349 Å². The molecule has 0 spiro atoms. The number of ether oxygens (including phenoxy) is 1. The maximum atomic E-state index is 13.1. The van der Waals surface area contributed by atoms with Gasteiger partial charge in [0.2, 0.25) is 5.91 Å². The first kappa shape index (κ1) is 54.6. The highest BCUT2D eigenvalue weighted by Crippen LogP contribution is 2.18. The number of aliphatic hydroxyl groups is 2. The number of esters is 1. The van der Waals surface area contributed by atoms with E-state index in [0.29, 0.717) is 19.3 Å². The van der Waals surface area contributed by atoms with Crippen molar-refractivity contribution in [3.05, 3.63) is 12.2 Å². The number of carbonyl (C=O) groups excluding carboxylic acids is 2. The molecule has 0 aromatic heterocycles. The largest absolute Gasteiger partial charge is 0.462 e. The third-order valence-electron chi connectivity index (χ3n) is 11.6. The van der Waals surface area contributed by atoms with E-state index in [0.717, 1.165) is 64.2 Å². The van der Waals surface area contributed by atoms with Crippen LogP contribution in [0, 0.1) is 0 Å². The maximum absolute atomic E-state index is 13.1. The Hall–Kier alpha value is -1.40. The van der Waals surface area contributed by atoms with Crippen LogP contribution in [-0.2, 0) is 14.3 Å². The van der Waals surface area contributed by atoms with Gasteiger partial charge in [0.1, 0.15) is 6.10 Å². The molecule has 1 amide bonds. The fourth-order valence-corrected chi connectivity index (χ4v) is 7.79. The van der Waals surface area contributed by atoms with E-state index in [1.54, 1.807) is 0 Å². The molecule has 0 heterocycles. The number of rotatable bonds is 45. The van der Waals surface area contributed by atoms with E-state index in [2.05, 4.69) is 38.2 Å². The van der Waals surface area contributed by atoms with Crippen molar-refractivity contribution < 1.29 is 24.5 Å². The molecule has 3 atom stereocenters. The lowest BCUT2D eigenvalue weighted by Crippen LogP contribution is -2.46. The van der Waals surface area contributed by atoms with Gasteiger partial charge in [0, 0.05) is 6.42 Å². The minimum Gasteiger partial charge on any atom is -0.462 e. The van der Waals surface area contributed by atoms with E-state index >= 15 is 0 Å². The summed E-state index contributed by atoms with van der Waals surface area (Å²) >= 11 is 0. The van der Waals surface area contributed by atoms with Crippen LogP contribution in [0.1, 0.15) is 271 Å². The molecule has 56 heavy (non-hydrogen) atoms. The average Bonchev–Trinajstić information content (AvgIpc) is 3.19. The Kier molecular flexibility index (Phi) is 43.6. The molecule has 0 bridgehead atoms. The van der Waals surface area contributed by atoms with Crippen molar-refractivity contribution in [2.24, 2.45) is 0 Å². The van der Waals surface area contributed by atoms with Gasteiger partial charge in [0.15, 0.2) is 0 Å². The van der Waals surface area contributed by atoms with Gasteiger partial charge >= 0.3 is 5.97 Å². The number of nitrogens with one attached hydrogen (secondary N) is 1. The molecule has 0 aliphatic heterocycles. The van der Waals surface area contributed by atoms with E-state index in [4.69, 9.17) is 4.74 Å². The summed E-state index contributed by atoms with van der Waals surface area (Å²) < 4.78 is 5.89. The molecule has 0 aliphatic carbocycles. The van der Waals surface area contributed by atoms with Gasteiger partial charge in [-0.2, -0.15) is 0 Å². The lowest BCUT2D eigenvalue weighted by atomic mass is 10.0. The van der Waals surface area contributed by atoms with Crippen LogP contribution in [0.2, 0.25) is 0 Å². The molecule has 0 radical (unpaired) electrons. The standard InChI is InChI=1S/C50H97NO5/c1-4-7-10-13-16-19-21-23-24-25-27-28-30-33-36-39-42-48(53)47(45-52)51-49(54)44-46(41-38-35-32-18-15-12-9-6-3)56-50(55)43-40-37-34-31-29-26-22-20-17-14-11-8-5-2/h12,15,46-48,52-53H,4-11,13-14,16-45H2,1-3H3,(H,51,54)/b15-12-. The fourth-order valence-electron chi connectivity index (χ4n) is 7.79. The smallest absolute Gasteiger partial charge is 0.306 e. The van der Waals surface area contributed by atoms with Crippen LogP contribution in [0.3, 0.4) is 0 Å². The SMILES string of the molecule is CCC/C=C\CCCCCC(CC(=O)NC(CO)C(O)CCCCCCCCCCCCCCCCCC)OC(=O)CCCCCCCCCCCCCCC. The first-order valence-corrected chi connectivity index (χ1v) is 24.9. The Morgan fingerprint density at radius 1 is 0.500 bits per heavy atom. The molecule has 3 unspecified atom stereocenters. The average molecular weight is 792 g/mol. The van der Waals surface area contributed by atoms with Gasteiger partial charge in [-0.3, -0.25) is 9.59 Å². The summed E-state index contributed by atoms with van der Waals surface area (Å²) in [5.41, 5.74) is 0. The van der Waals surface area contributed by atoms with E-state index in [1.807, 2.05) is 0 Å². The van der Waals surface area contributed by atoms with Crippen LogP contribution in [0.25, 0.3) is 0 Å². The van der Waals surface area contributed by atoms with Gasteiger partial charge < -0.3 is 20.3 Å². The maximum Gasteiger partial charge on any atom is 0.306 e. The van der Waals surface area contributed by atoms with Crippen molar-refractivity contribution >= 4 is 11.9 Å². The number of hydrogen-bond acceptors (Lipinski definition) is 5. The second kappa shape index (κ2) is 44.7. The molecule has 0 aliphatic rings. The molecule has 0 aromatic rings. The van der Waals surface area contributed by atoms with E-state index in [1.165, 1.54) is 161 Å². The second-order valence-corrected chi connectivity index (χ2v) is 17.2. The van der Waals surface area contributed by atoms with Crippen LogP contribution < -0.4 is 5.32 Å². The highest BCUT2D eigenvalue weighted by Gasteiger charge is 2.24. The third-order valence-corrected chi connectivity index (χ3v) is 11.6. The van der Waals surface area contributed by atoms with Crippen molar-refractivity contribution in [3.63, 3.8) is 0 Å². The summed E-state index contributed by atoms with van der Waals surface area (Å²) in [4.78, 5) is 26.0. The number of carbonyl (C=O) groups is 2. The minimum absolute atomic E-state index is 0.0724. The quantitative estimate of drug-likeness (QED) is 0.0324. The molecule has 0 saturated carbocycles. The van der Waals surface area contributed by atoms with Crippen molar-refractivity contribution in [2.75, 3.05) is 6.61 Å². The summed E-state index contributed by atoms with van der Waals surface area (Å²) in [6.07, 6.45) is 48.5. The summed E-state index contributed by atoms with van der Waals surface area (Å²) in [7, 11) is 0. The fraction of sp³-hybridized carbons (Fsp3) is 0.920. The molecule has 0 saturated heterocycles. The molecule has 0 aromatic carbocycles. The van der Waals surface area contributed by atoms with Crippen LogP contribution >= 0.6 is 0 Å². The highest BCUT2D eigenvalue weighted by atomic mass is 16.5. The Balaban J connectivity index is 4.38. The Morgan fingerprint density at radius 2 is 0.893 bits per heavy atom. The highest BCUT2D eigenvalue weighted by molar-refractivity contribution is 5.77. The minimum atomic E-state index is -0.784. The first-order valence-electron chi connectivity index (χ1n) is 24.9. The second-order valence-electron chi connectivity index (χ2n) is 17.2. The molecular weight excluding hydrogens is 695 g/mol. The number of allylic oxidation sites excluding steroid dienone is 2. The predicted octanol–water partition coefficient (Wildman–Crippen LogP) is 14.6. The molecule has 0 fully saturated rings. The van der Waals surface area contributed by atoms with Gasteiger partial charge in [0.25, 0.3) is 0 Å². The van der Waals surface area contributed by atoms with Gasteiger partial charge in [-0.25, -0.2) is 0 Å². The number of hydrogen-bond donors (Lipinski definition) is 3. The molecule has 6 nitrogen and oxygen atoms in total. The van der Waals surface area contributed by atoms with E-state index in [9.17, 15) is 19.8 Å². The van der Waals surface area contributed by atoms with Gasteiger partial charge in [-0.1, -0.05) is 226 Å². The van der Waals surface area contributed by atoms with Crippen LogP contribution in [0.15, 0.2) is 12.2 Å². The lowest BCUT2D eigenvalue weighted by Gasteiger charge is -2.24. The van der Waals surface area contributed by atoms with Gasteiger partial charge in [-0.05, 0) is 44.9 Å². The summed E-state index contributed by atoms with van der Waals surface area (Å²) in [5, 5.41) is 23.7. The van der Waals surface area contributed by atoms with E-state index < -0.39 is 18.2 Å². The summed E-state index contributed by atoms with van der Waals surface area (Å²) in [6, 6.07) is -0.698. The molecule has 332 valence electrons. The van der Waals surface area contributed by atoms with Crippen molar-refractivity contribution in [3.8, 4) is 0 Å². The zero-order valence-electron chi connectivity index (χ0n) is 37.8. The number of aliphatic hydroxyl groups excluding tert-OH is 2. The van der Waals surface area contributed by atoms with Gasteiger partial charge in [-0.15, -0.1) is 0 Å². The monoisotopic (exact) mass is 792 g/mol. The normalized spacial score (nSPS) is 13.3. The van der Waals surface area contributed by atoms with Crippen molar-refractivity contribution in [1.29, 1.82) is 0 Å². The van der Waals surface area contributed by atoms with Crippen molar-refractivity contribution in [1.82, 2.24) is 5.32 Å². The molecule has 3 N–H and O–H groups in total. The number of amides is 1.